The standard InChI is InChI=1S/C17H17Cl2FN2O3/c1-24-9-22-16-8-25-7-12(14(20)6-23)17(16)15(21-22)4-10-2-3-11(18)5-13(10)19/h2-3,5,23H,4,6-9H2,1H3/b14-12-. The topological polar surface area (TPSA) is 56.5 Å². The molecule has 8 heteroatoms. The fourth-order valence-electron chi connectivity index (χ4n) is 2.88. The first-order chi connectivity index (χ1) is 12.0. The maximum absolute atomic E-state index is 14.2. The number of ether oxygens (including phenoxy) is 2. The Morgan fingerprint density at radius 1 is 1.40 bits per heavy atom. The third-order valence-corrected chi connectivity index (χ3v) is 4.59. The van der Waals surface area contributed by atoms with Crippen LogP contribution >= 0.6 is 23.2 Å². The smallest absolute Gasteiger partial charge is 0.139 e. The van der Waals surface area contributed by atoms with Gasteiger partial charge >= 0.3 is 0 Å². The number of rotatable bonds is 5. The van der Waals surface area contributed by atoms with Gasteiger partial charge in [0.05, 0.1) is 31.2 Å². The molecule has 2 aromatic rings. The van der Waals surface area contributed by atoms with Gasteiger partial charge in [0.25, 0.3) is 0 Å². The summed E-state index contributed by atoms with van der Waals surface area (Å²) in [5, 5.41) is 14.8. The van der Waals surface area contributed by atoms with Gasteiger partial charge in [-0.05, 0) is 17.7 Å². The highest BCUT2D eigenvalue weighted by atomic mass is 35.5. The zero-order chi connectivity index (χ0) is 18.0. The molecule has 1 aromatic carbocycles. The molecular weight excluding hydrogens is 370 g/mol. The van der Waals surface area contributed by atoms with E-state index in [1.807, 2.05) is 6.07 Å². The third kappa shape index (κ3) is 3.73. The second-order valence-electron chi connectivity index (χ2n) is 5.63. The van der Waals surface area contributed by atoms with Crippen molar-refractivity contribution in [3.63, 3.8) is 0 Å². The number of hydrogen-bond acceptors (Lipinski definition) is 4. The third-order valence-electron chi connectivity index (χ3n) is 4.01. The lowest BCUT2D eigenvalue weighted by atomic mass is 9.97. The molecule has 0 bridgehead atoms. The first kappa shape index (κ1) is 18.4. The van der Waals surface area contributed by atoms with Crippen molar-refractivity contribution >= 4 is 28.8 Å². The molecule has 5 nitrogen and oxygen atoms in total. The van der Waals surface area contributed by atoms with E-state index in [-0.39, 0.29) is 13.3 Å². The minimum atomic E-state index is -0.686. The average Bonchev–Trinajstić information content (AvgIpc) is 2.95. The van der Waals surface area contributed by atoms with Gasteiger partial charge in [-0.25, -0.2) is 9.07 Å². The summed E-state index contributed by atoms with van der Waals surface area (Å²) in [6, 6.07) is 5.22. The SMILES string of the molecule is COCn1nc(Cc2ccc(Cl)cc2Cl)c2c1COC/C2=C(/F)CO. The highest BCUT2D eigenvalue weighted by Crippen LogP contribution is 2.34. The van der Waals surface area contributed by atoms with E-state index in [1.165, 1.54) is 0 Å². The maximum Gasteiger partial charge on any atom is 0.139 e. The molecule has 0 aliphatic carbocycles. The first-order valence-electron chi connectivity index (χ1n) is 7.63. The highest BCUT2D eigenvalue weighted by Gasteiger charge is 2.27. The second-order valence-corrected chi connectivity index (χ2v) is 6.48. The van der Waals surface area contributed by atoms with E-state index in [4.69, 9.17) is 32.7 Å². The fraction of sp³-hybridized carbons (Fsp3) is 0.353. The number of hydrogen-bond donors (Lipinski definition) is 1. The van der Waals surface area contributed by atoms with Crippen LogP contribution in [0.25, 0.3) is 5.57 Å². The van der Waals surface area contributed by atoms with Crippen molar-refractivity contribution in [1.82, 2.24) is 9.78 Å². The molecule has 1 aliphatic heterocycles. The Kier molecular flexibility index (Phi) is 5.76. The van der Waals surface area contributed by atoms with Crippen LogP contribution in [-0.2, 0) is 29.2 Å². The van der Waals surface area contributed by atoms with Crippen molar-refractivity contribution < 1.29 is 19.0 Å². The second kappa shape index (κ2) is 7.85. The lowest BCUT2D eigenvalue weighted by molar-refractivity contribution is 0.0973. The summed E-state index contributed by atoms with van der Waals surface area (Å²) in [6.45, 7) is -0.0928. The molecule has 134 valence electrons. The number of aliphatic hydroxyl groups is 1. The number of nitrogens with zero attached hydrogens (tertiary/aromatic N) is 2. The molecule has 25 heavy (non-hydrogen) atoms. The molecule has 1 N–H and O–H groups in total. The lowest BCUT2D eigenvalue weighted by Crippen LogP contribution is -2.15. The number of benzene rings is 1. The predicted molar refractivity (Wildman–Crippen MR) is 93.3 cm³/mol. The molecule has 3 rings (SSSR count). The van der Waals surface area contributed by atoms with Crippen molar-refractivity contribution in [2.75, 3.05) is 20.3 Å². The number of halogens is 3. The van der Waals surface area contributed by atoms with Crippen LogP contribution in [0, 0.1) is 0 Å². The van der Waals surface area contributed by atoms with Gasteiger partial charge < -0.3 is 14.6 Å². The number of aromatic nitrogens is 2. The highest BCUT2D eigenvalue weighted by molar-refractivity contribution is 6.35. The quantitative estimate of drug-likeness (QED) is 0.852. The summed E-state index contributed by atoms with van der Waals surface area (Å²) in [5.74, 6) is -0.624. The Labute approximate surface area is 154 Å². The van der Waals surface area contributed by atoms with Gasteiger partial charge in [0.2, 0.25) is 0 Å². The van der Waals surface area contributed by atoms with E-state index in [2.05, 4.69) is 5.10 Å². The molecular formula is C17H17Cl2FN2O3. The average molecular weight is 387 g/mol. The molecule has 2 heterocycles. The van der Waals surface area contributed by atoms with Gasteiger partial charge in [0.15, 0.2) is 0 Å². The summed E-state index contributed by atoms with van der Waals surface area (Å²) in [4.78, 5) is 0. The van der Waals surface area contributed by atoms with Gasteiger partial charge in [-0.15, -0.1) is 0 Å². The van der Waals surface area contributed by atoms with Gasteiger partial charge in [0, 0.05) is 34.7 Å². The zero-order valence-corrected chi connectivity index (χ0v) is 15.1. The minimum absolute atomic E-state index is 0.0828. The summed E-state index contributed by atoms with van der Waals surface area (Å²) < 4.78 is 26.4. The monoisotopic (exact) mass is 386 g/mol. The lowest BCUT2D eigenvalue weighted by Gasteiger charge is -2.19. The van der Waals surface area contributed by atoms with Crippen molar-refractivity contribution in [2.45, 2.75) is 19.8 Å². The molecule has 0 radical (unpaired) electrons. The van der Waals surface area contributed by atoms with E-state index < -0.39 is 12.4 Å². The number of methoxy groups -OCH3 is 1. The van der Waals surface area contributed by atoms with Crippen LogP contribution in [0.1, 0.15) is 22.5 Å². The molecule has 0 amide bonds. The van der Waals surface area contributed by atoms with Gasteiger partial charge in [0.1, 0.15) is 12.6 Å². The van der Waals surface area contributed by atoms with Crippen LogP contribution in [0.15, 0.2) is 24.0 Å². The van der Waals surface area contributed by atoms with Crippen molar-refractivity contribution in [3.05, 3.63) is 56.6 Å². The Morgan fingerprint density at radius 2 is 2.20 bits per heavy atom. The Morgan fingerprint density at radius 3 is 2.88 bits per heavy atom. The molecule has 1 aromatic heterocycles. The Balaban J connectivity index is 2.10. The number of fused-ring (bicyclic) bond motifs is 1. The first-order valence-corrected chi connectivity index (χ1v) is 8.38. The fourth-order valence-corrected chi connectivity index (χ4v) is 3.35. The van der Waals surface area contributed by atoms with Crippen molar-refractivity contribution in [3.8, 4) is 0 Å². The van der Waals surface area contributed by atoms with Crippen molar-refractivity contribution in [1.29, 1.82) is 0 Å². The van der Waals surface area contributed by atoms with E-state index in [1.54, 1.807) is 23.9 Å². The summed E-state index contributed by atoms with van der Waals surface area (Å²) >= 11 is 12.2. The summed E-state index contributed by atoms with van der Waals surface area (Å²) in [5.41, 5.74) is 3.16. The minimum Gasteiger partial charge on any atom is -0.389 e. The van der Waals surface area contributed by atoms with E-state index in [0.29, 0.717) is 45.6 Å². The summed E-state index contributed by atoms with van der Waals surface area (Å²) in [7, 11) is 1.55. The molecule has 0 saturated carbocycles. The molecule has 1 aliphatic rings. The Hall–Kier alpha value is -1.44. The molecule has 0 fully saturated rings. The van der Waals surface area contributed by atoms with Crippen LogP contribution in [0.2, 0.25) is 10.0 Å². The largest absolute Gasteiger partial charge is 0.389 e. The number of aliphatic hydroxyl groups excluding tert-OH is 1. The van der Waals surface area contributed by atoms with Crippen LogP contribution < -0.4 is 0 Å². The van der Waals surface area contributed by atoms with E-state index in [9.17, 15) is 9.50 Å². The molecule has 0 saturated heterocycles. The van der Waals surface area contributed by atoms with Crippen LogP contribution in [0.5, 0.6) is 0 Å². The van der Waals surface area contributed by atoms with Gasteiger partial charge in [-0.3, -0.25) is 0 Å². The molecule has 0 spiro atoms. The molecule has 0 atom stereocenters. The van der Waals surface area contributed by atoms with Crippen LogP contribution in [0.3, 0.4) is 0 Å². The zero-order valence-electron chi connectivity index (χ0n) is 13.6. The maximum atomic E-state index is 14.2. The van der Waals surface area contributed by atoms with Crippen molar-refractivity contribution in [2.24, 2.45) is 0 Å². The van der Waals surface area contributed by atoms with Crippen LogP contribution in [0.4, 0.5) is 4.39 Å². The van der Waals surface area contributed by atoms with Crippen LogP contribution in [-0.4, -0.2) is 35.2 Å². The predicted octanol–water partition coefficient (Wildman–Crippen LogP) is 3.59. The summed E-state index contributed by atoms with van der Waals surface area (Å²) in [6.07, 6.45) is 0.400. The normalized spacial score (nSPS) is 16.0. The Bertz CT molecular complexity index is 820. The molecule has 0 unspecified atom stereocenters. The van der Waals surface area contributed by atoms with Gasteiger partial charge in [-0.1, -0.05) is 29.3 Å². The van der Waals surface area contributed by atoms with E-state index in [0.717, 1.165) is 5.56 Å². The van der Waals surface area contributed by atoms with E-state index >= 15 is 0 Å². The van der Waals surface area contributed by atoms with Gasteiger partial charge in [-0.2, -0.15) is 5.10 Å².